The van der Waals surface area contributed by atoms with Gasteiger partial charge in [0.15, 0.2) is 6.54 Å². The lowest BCUT2D eigenvalue weighted by molar-refractivity contribution is -0.899. The fourth-order valence-corrected chi connectivity index (χ4v) is 3.43. The molecule has 1 heterocycles. The summed E-state index contributed by atoms with van der Waals surface area (Å²) in [6.07, 6.45) is 1.81. The fraction of sp³-hybridized carbons (Fsp3) is 0.188. The van der Waals surface area contributed by atoms with Gasteiger partial charge in [0.25, 0.3) is 5.91 Å². The predicted molar refractivity (Wildman–Crippen MR) is 94.0 cm³/mol. The summed E-state index contributed by atoms with van der Waals surface area (Å²) in [5.74, 6) is -0.0763. The molecule has 1 amide bonds. The van der Waals surface area contributed by atoms with E-state index in [1.165, 1.54) is 11.3 Å². The zero-order chi connectivity index (χ0) is 15.9. The molecule has 0 saturated carbocycles. The van der Waals surface area contributed by atoms with Crippen LogP contribution in [0, 0.1) is 0 Å². The van der Waals surface area contributed by atoms with Crippen molar-refractivity contribution in [2.45, 2.75) is 6.54 Å². The van der Waals surface area contributed by atoms with Crippen LogP contribution in [0.25, 0.3) is 0 Å². The minimum Gasteiger partial charge on any atom is -0.320 e. The summed E-state index contributed by atoms with van der Waals surface area (Å²) >= 11 is 13.5. The quantitative estimate of drug-likeness (QED) is 0.734. The van der Waals surface area contributed by atoms with Gasteiger partial charge in [-0.15, -0.1) is 11.3 Å². The maximum absolute atomic E-state index is 12.2. The fourth-order valence-electron chi connectivity index (χ4n) is 2.09. The van der Waals surface area contributed by atoms with Crippen LogP contribution < -0.4 is 10.2 Å². The van der Waals surface area contributed by atoms with Crippen molar-refractivity contribution in [3.05, 3.63) is 63.3 Å². The Kier molecular flexibility index (Phi) is 6.46. The Morgan fingerprint density at radius 1 is 1.27 bits per heavy atom. The van der Waals surface area contributed by atoms with Crippen molar-refractivity contribution >= 4 is 46.1 Å². The largest absolute Gasteiger partial charge is 0.320 e. The summed E-state index contributed by atoms with van der Waals surface area (Å²) in [5.41, 5.74) is 0.631. The number of para-hydroxylation sites is 1. The normalized spacial score (nSPS) is 11.9. The van der Waals surface area contributed by atoms with Gasteiger partial charge in [0.2, 0.25) is 0 Å². The van der Waals surface area contributed by atoms with Gasteiger partial charge in [-0.05, 0) is 30.3 Å². The van der Waals surface area contributed by atoms with Gasteiger partial charge < -0.3 is 10.2 Å². The molecule has 0 spiro atoms. The molecule has 2 N–H and O–H groups in total. The number of hydrogen-bond acceptors (Lipinski definition) is 2. The van der Waals surface area contributed by atoms with Gasteiger partial charge in [0.1, 0.15) is 6.54 Å². The summed E-state index contributed by atoms with van der Waals surface area (Å²) < 4.78 is 0.758. The molecule has 1 aromatic heterocycles. The molecule has 1 atom stereocenters. The van der Waals surface area contributed by atoms with Gasteiger partial charge in [-0.3, -0.25) is 4.79 Å². The van der Waals surface area contributed by atoms with Crippen molar-refractivity contribution in [3.8, 4) is 0 Å². The minimum atomic E-state index is -0.0763. The molecular weight excluding hydrogens is 339 g/mol. The Bertz CT molecular complexity index is 657. The zero-order valence-corrected chi connectivity index (χ0v) is 14.3. The van der Waals surface area contributed by atoms with E-state index in [0.717, 1.165) is 20.7 Å². The predicted octanol–water partition coefficient (Wildman–Crippen LogP) is 3.26. The molecule has 3 nitrogen and oxygen atoms in total. The molecule has 0 radical (unpaired) electrons. The summed E-state index contributed by atoms with van der Waals surface area (Å²) in [6.45, 7) is 5.53. The third-order valence-electron chi connectivity index (χ3n) is 3.04. The van der Waals surface area contributed by atoms with E-state index in [1.54, 1.807) is 12.1 Å². The average Bonchev–Trinajstić information content (AvgIpc) is 2.87. The van der Waals surface area contributed by atoms with Crippen LogP contribution in [-0.2, 0) is 11.3 Å². The number of benzene rings is 1. The highest BCUT2D eigenvalue weighted by Crippen LogP contribution is 2.21. The molecule has 0 aliphatic rings. The number of carbonyl (C=O) groups excluding carboxylic acids is 1. The van der Waals surface area contributed by atoms with Gasteiger partial charge in [0, 0.05) is 0 Å². The molecule has 2 rings (SSSR count). The first-order chi connectivity index (χ1) is 10.6. The van der Waals surface area contributed by atoms with Crippen LogP contribution >= 0.6 is 34.5 Å². The Morgan fingerprint density at radius 2 is 2.05 bits per heavy atom. The molecule has 0 aliphatic heterocycles. The van der Waals surface area contributed by atoms with Crippen LogP contribution in [0.3, 0.4) is 0 Å². The number of rotatable bonds is 7. The molecule has 6 heteroatoms. The summed E-state index contributed by atoms with van der Waals surface area (Å²) in [5, 5.41) is 3.37. The van der Waals surface area contributed by atoms with Crippen molar-refractivity contribution in [1.29, 1.82) is 0 Å². The van der Waals surface area contributed by atoms with Gasteiger partial charge in [0.05, 0.1) is 26.5 Å². The second-order valence-corrected chi connectivity index (χ2v) is 7.04. The zero-order valence-electron chi connectivity index (χ0n) is 11.9. The van der Waals surface area contributed by atoms with E-state index in [4.69, 9.17) is 23.2 Å². The lowest BCUT2D eigenvalue weighted by atomic mass is 10.3. The Morgan fingerprint density at radius 3 is 2.68 bits per heavy atom. The summed E-state index contributed by atoms with van der Waals surface area (Å²) in [6, 6.07) is 11.1. The Labute approximate surface area is 144 Å². The maximum Gasteiger partial charge on any atom is 0.279 e. The first-order valence-electron chi connectivity index (χ1n) is 6.81. The SMILES string of the molecule is C=CC[NH+](CC(=O)Nc1ccccc1Cl)Cc1ccc(Cl)s1. The van der Waals surface area contributed by atoms with Crippen molar-refractivity contribution in [2.75, 3.05) is 18.4 Å². The number of hydrogen-bond donors (Lipinski definition) is 2. The Hall–Kier alpha value is -1.33. The number of thiophene rings is 1. The van der Waals surface area contributed by atoms with E-state index in [9.17, 15) is 4.79 Å². The van der Waals surface area contributed by atoms with E-state index < -0.39 is 0 Å². The number of halogens is 2. The van der Waals surface area contributed by atoms with E-state index in [1.807, 2.05) is 30.3 Å². The number of amides is 1. The molecule has 22 heavy (non-hydrogen) atoms. The lowest BCUT2D eigenvalue weighted by Gasteiger charge is -2.17. The molecular formula is C16H17Cl2N2OS+. The van der Waals surface area contributed by atoms with Crippen LogP contribution in [0.2, 0.25) is 9.36 Å². The van der Waals surface area contributed by atoms with Crippen molar-refractivity contribution < 1.29 is 9.69 Å². The standard InChI is InChI=1S/C16H16Cl2N2OS/c1-2-9-20(10-12-7-8-15(18)22-12)11-16(21)19-14-6-4-3-5-13(14)17/h2-8H,1,9-11H2,(H,19,21)/p+1. The lowest BCUT2D eigenvalue weighted by Crippen LogP contribution is -3.11. The van der Waals surface area contributed by atoms with Crippen LogP contribution in [0.1, 0.15) is 4.88 Å². The molecule has 116 valence electrons. The van der Waals surface area contributed by atoms with Crippen LogP contribution in [0.4, 0.5) is 5.69 Å². The monoisotopic (exact) mass is 355 g/mol. The number of carbonyl (C=O) groups is 1. The summed E-state index contributed by atoms with van der Waals surface area (Å²) in [7, 11) is 0. The van der Waals surface area contributed by atoms with Crippen molar-refractivity contribution in [3.63, 3.8) is 0 Å². The molecule has 1 aromatic carbocycles. The minimum absolute atomic E-state index is 0.0763. The van der Waals surface area contributed by atoms with Crippen molar-refractivity contribution in [1.82, 2.24) is 0 Å². The van der Waals surface area contributed by atoms with Gasteiger partial charge in [-0.1, -0.05) is 41.9 Å². The second-order valence-electron chi connectivity index (χ2n) is 4.83. The maximum atomic E-state index is 12.2. The third kappa shape index (κ3) is 5.14. The number of nitrogens with one attached hydrogen (secondary N) is 2. The second kappa shape index (κ2) is 8.34. The van der Waals surface area contributed by atoms with Gasteiger partial charge in [-0.25, -0.2) is 0 Å². The topological polar surface area (TPSA) is 33.5 Å². The third-order valence-corrected chi connectivity index (χ3v) is 4.61. The van der Waals surface area contributed by atoms with E-state index in [-0.39, 0.29) is 5.91 Å². The molecule has 1 unspecified atom stereocenters. The first kappa shape index (κ1) is 17.0. The molecule has 0 aliphatic carbocycles. The van der Waals surface area contributed by atoms with Gasteiger partial charge in [-0.2, -0.15) is 0 Å². The molecule has 0 bridgehead atoms. The Balaban J connectivity index is 1.96. The average molecular weight is 356 g/mol. The van der Waals surface area contributed by atoms with Crippen molar-refractivity contribution in [2.24, 2.45) is 0 Å². The summed E-state index contributed by atoms with van der Waals surface area (Å²) in [4.78, 5) is 14.4. The highest BCUT2D eigenvalue weighted by molar-refractivity contribution is 7.16. The van der Waals surface area contributed by atoms with Crippen LogP contribution in [0.5, 0.6) is 0 Å². The number of anilines is 1. The molecule has 0 saturated heterocycles. The van der Waals surface area contributed by atoms with E-state index in [0.29, 0.717) is 23.8 Å². The highest BCUT2D eigenvalue weighted by atomic mass is 35.5. The first-order valence-corrected chi connectivity index (χ1v) is 8.39. The molecule has 2 aromatic rings. The van der Waals surface area contributed by atoms with E-state index >= 15 is 0 Å². The van der Waals surface area contributed by atoms with E-state index in [2.05, 4.69) is 11.9 Å². The number of quaternary nitrogens is 1. The molecule has 0 fully saturated rings. The van der Waals surface area contributed by atoms with Crippen LogP contribution in [0.15, 0.2) is 49.1 Å². The smallest absolute Gasteiger partial charge is 0.279 e. The van der Waals surface area contributed by atoms with Gasteiger partial charge >= 0.3 is 0 Å². The highest BCUT2D eigenvalue weighted by Gasteiger charge is 2.15. The van der Waals surface area contributed by atoms with Crippen LogP contribution in [-0.4, -0.2) is 19.0 Å².